The molecule has 0 saturated heterocycles. The number of carbonyl (C=O) groups is 1. The van der Waals surface area contributed by atoms with Crippen LogP contribution in [0.25, 0.3) is 0 Å². The Morgan fingerprint density at radius 3 is 2.71 bits per heavy atom. The van der Waals surface area contributed by atoms with Crippen LogP contribution in [-0.2, 0) is 4.79 Å². The SMILES string of the molecule is CC(C)CCCC(C)NC(=O)CSc1nnnn1C1CCCCC1. The normalized spacial score (nSPS) is 17.2. The summed E-state index contributed by atoms with van der Waals surface area (Å²) in [6.45, 7) is 6.54. The Hall–Kier alpha value is -1.11. The minimum Gasteiger partial charge on any atom is -0.353 e. The van der Waals surface area contributed by atoms with E-state index in [1.54, 1.807) is 0 Å². The molecular weight excluding hydrogens is 322 g/mol. The van der Waals surface area contributed by atoms with Crippen LogP contribution in [0.15, 0.2) is 5.16 Å². The average molecular weight is 354 g/mol. The van der Waals surface area contributed by atoms with Crippen LogP contribution in [0.3, 0.4) is 0 Å². The van der Waals surface area contributed by atoms with E-state index in [1.807, 2.05) is 4.68 Å². The zero-order valence-corrected chi connectivity index (χ0v) is 16.0. The van der Waals surface area contributed by atoms with E-state index in [9.17, 15) is 4.79 Å². The highest BCUT2D eigenvalue weighted by Crippen LogP contribution is 2.30. The van der Waals surface area contributed by atoms with Crippen LogP contribution in [0.1, 0.15) is 78.2 Å². The fraction of sp³-hybridized carbons (Fsp3) is 0.882. The van der Waals surface area contributed by atoms with Gasteiger partial charge in [-0.05, 0) is 42.5 Å². The lowest BCUT2D eigenvalue weighted by Gasteiger charge is -2.22. The molecule has 1 aliphatic carbocycles. The molecule has 0 radical (unpaired) electrons. The number of aromatic nitrogens is 4. The Morgan fingerprint density at radius 2 is 2.00 bits per heavy atom. The van der Waals surface area contributed by atoms with E-state index in [-0.39, 0.29) is 11.9 Å². The molecule has 7 heteroatoms. The highest BCUT2D eigenvalue weighted by Gasteiger charge is 2.21. The molecule has 1 N–H and O–H groups in total. The van der Waals surface area contributed by atoms with Crippen molar-refractivity contribution in [3.63, 3.8) is 0 Å². The van der Waals surface area contributed by atoms with Crippen molar-refractivity contribution in [2.75, 3.05) is 5.75 Å². The molecule has 1 saturated carbocycles. The summed E-state index contributed by atoms with van der Waals surface area (Å²) >= 11 is 1.44. The molecule has 1 heterocycles. The van der Waals surface area contributed by atoms with Crippen LogP contribution in [0.4, 0.5) is 0 Å². The van der Waals surface area contributed by atoms with Crippen LogP contribution in [0.5, 0.6) is 0 Å². The van der Waals surface area contributed by atoms with Crippen LogP contribution in [0.2, 0.25) is 0 Å². The molecule has 136 valence electrons. The molecule has 1 unspecified atom stereocenters. The second kappa shape index (κ2) is 10.0. The summed E-state index contributed by atoms with van der Waals surface area (Å²) in [7, 11) is 0. The molecule has 1 atom stereocenters. The number of thioether (sulfide) groups is 1. The number of rotatable bonds is 9. The molecule has 1 aliphatic rings. The molecule has 1 aromatic heterocycles. The van der Waals surface area contributed by atoms with E-state index < -0.39 is 0 Å². The molecule has 24 heavy (non-hydrogen) atoms. The molecular formula is C17H31N5OS. The van der Waals surface area contributed by atoms with Gasteiger partial charge in [-0.1, -0.05) is 57.7 Å². The second-order valence-electron chi connectivity index (χ2n) is 7.28. The monoisotopic (exact) mass is 353 g/mol. The van der Waals surface area contributed by atoms with E-state index >= 15 is 0 Å². The minimum atomic E-state index is 0.0650. The molecule has 6 nitrogen and oxygen atoms in total. The van der Waals surface area contributed by atoms with Crippen LogP contribution in [-0.4, -0.2) is 37.9 Å². The van der Waals surface area contributed by atoms with E-state index in [0.29, 0.717) is 11.8 Å². The van der Waals surface area contributed by atoms with Crippen LogP contribution >= 0.6 is 11.8 Å². The summed E-state index contributed by atoms with van der Waals surface area (Å²) in [5.41, 5.74) is 0. The number of nitrogens with zero attached hydrogens (tertiary/aromatic N) is 4. The smallest absolute Gasteiger partial charge is 0.230 e. The molecule has 1 aromatic rings. The Bertz CT molecular complexity index is 499. The Kier molecular flexibility index (Phi) is 8.02. The largest absolute Gasteiger partial charge is 0.353 e. The van der Waals surface area contributed by atoms with Gasteiger partial charge in [0.1, 0.15) is 0 Å². The van der Waals surface area contributed by atoms with Crippen LogP contribution < -0.4 is 5.32 Å². The maximum Gasteiger partial charge on any atom is 0.230 e. The number of hydrogen-bond donors (Lipinski definition) is 1. The molecule has 0 bridgehead atoms. The van der Waals surface area contributed by atoms with Crippen molar-refractivity contribution < 1.29 is 4.79 Å². The first kappa shape index (κ1) is 19.2. The van der Waals surface area contributed by atoms with Gasteiger partial charge in [0.15, 0.2) is 0 Å². The van der Waals surface area contributed by atoms with E-state index in [2.05, 4.69) is 41.6 Å². The van der Waals surface area contributed by atoms with Gasteiger partial charge in [0.05, 0.1) is 11.8 Å². The van der Waals surface area contributed by atoms with Gasteiger partial charge in [0, 0.05) is 6.04 Å². The molecule has 2 rings (SSSR count). The average Bonchev–Trinajstić information content (AvgIpc) is 3.02. The van der Waals surface area contributed by atoms with Crippen molar-refractivity contribution in [2.45, 2.75) is 89.4 Å². The fourth-order valence-corrected chi connectivity index (χ4v) is 3.94. The van der Waals surface area contributed by atoms with Gasteiger partial charge < -0.3 is 5.32 Å². The predicted molar refractivity (Wildman–Crippen MR) is 97.0 cm³/mol. The maximum absolute atomic E-state index is 12.1. The number of hydrogen-bond acceptors (Lipinski definition) is 5. The first-order valence-electron chi connectivity index (χ1n) is 9.26. The lowest BCUT2D eigenvalue weighted by atomic mass is 9.96. The Morgan fingerprint density at radius 1 is 1.25 bits per heavy atom. The second-order valence-corrected chi connectivity index (χ2v) is 8.22. The third-order valence-electron chi connectivity index (χ3n) is 4.54. The highest BCUT2D eigenvalue weighted by molar-refractivity contribution is 7.99. The zero-order chi connectivity index (χ0) is 17.4. The third kappa shape index (κ3) is 6.42. The maximum atomic E-state index is 12.1. The minimum absolute atomic E-state index is 0.0650. The summed E-state index contributed by atoms with van der Waals surface area (Å²) in [5, 5.41) is 15.9. The molecule has 1 amide bonds. The third-order valence-corrected chi connectivity index (χ3v) is 5.47. The molecule has 1 fully saturated rings. The van der Waals surface area contributed by atoms with Crippen molar-refractivity contribution in [3.05, 3.63) is 0 Å². The molecule has 0 aliphatic heterocycles. The van der Waals surface area contributed by atoms with E-state index in [1.165, 1.54) is 37.4 Å². The highest BCUT2D eigenvalue weighted by atomic mass is 32.2. The number of carbonyl (C=O) groups excluding carboxylic acids is 1. The number of nitrogens with one attached hydrogen (secondary N) is 1. The number of tetrazole rings is 1. The van der Waals surface area contributed by atoms with Crippen molar-refractivity contribution in [1.82, 2.24) is 25.5 Å². The van der Waals surface area contributed by atoms with Gasteiger partial charge in [0.25, 0.3) is 0 Å². The van der Waals surface area contributed by atoms with Gasteiger partial charge in [-0.25, -0.2) is 4.68 Å². The van der Waals surface area contributed by atoms with Gasteiger partial charge in [-0.3, -0.25) is 4.79 Å². The predicted octanol–water partition coefficient (Wildman–Crippen LogP) is 3.60. The topological polar surface area (TPSA) is 72.7 Å². The first-order valence-corrected chi connectivity index (χ1v) is 10.2. The zero-order valence-electron chi connectivity index (χ0n) is 15.2. The first-order chi connectivity index (χ1) is 11.6. The van der Waals surface area contributed by atoms with Gasteiger partial charge in [-0.2, -0.15) is 0 Å². The summed E-state index contributed by atoms with van der Waals surface area (Å²) < 4.78 is 1.92. The summed E-state index contributed by atoms with van der Waals surface area (Å²) in [6.07, 6.45) is 9.46. The van der Waals surface area contributed by atoms with E-state index in [4.69, 9.17) is 0 Å². The lowest BCUT2D eigenvalue weighted by Crippen LogP contribution is -2.33. The standard InChI is InChI=1S/C17H31N5OS/c1-13(2)8-7-9-14(3)18-16(23)12-24-17-19-20-21-22(17)15-10-5-4-6-11-15/h13-15H,4-12H2,1-3H3,(H,18,23). The fourth-order valence-electron chi connectivity index (χ4n) is 3.19. The summed E-state index contributed by atoms with van der Waals surface area (Å²) in [6, 6.07) is 0.625. The van der Waals surface area contributed by atoms with Crippen molar-refractivity contribution in [3.8, 4) is 0 Å². The Balaban J connectivity index is 1.73. The quantitative estimate of drug-likeness (QED) is 0.687. The molecule has 0 aromatic carbocycles. The summed E-state index contributed by atoms with van der Waals surface area (Å²) in [5.74, 6) is 1.17. The van der Waals surface area contributed by atoms with E-state index in [0.717, 1.165) is 36.8 Å². The van der Waals surface area contributed by atoms with Gasteiger partial charge >= 0.3 is 0 Å². The lowest BCUT2D eigenvalue weighted by molar-refractivity contribution is -0.119. The van der Waals surface area contributed by atoms with Crippen molar-refractivity contribution in [1.29, 1.82) is 0 Å². The van der Waals surface area contributed by atoms with Crippen molar-refractivity contribution >= 4 is 17.7 Å². The van der Waals surface area contributed by atoms with Gasteiger partial charge in [0.2, 0.25) is 11.1 Å². The number of amides is 1. The summed E-state index contributed by atoms with van der Waals surface area (Å²) in [4.78, 5) is 12.1. The van der Waals surface area contributed by atoms with Gasteiger partial charge in [-0.15, -0.1) is 5.10 Å². The van der Waals surface area contributed by atoms with Crippen LogP contribution in [0, 0.1) is 5.92 Å². The van der Waals surface area contributed by atoms with Crippen molar-refractivity contribution in [2.24, 2.45) is 5.92 Å². The Labute approximate surface area is 149 Å². The molecule has 0 spiro atoms.